The summed E-state index contributed by atoms with van der Waals surface area (Å²) in [5.41, 5.74) is 3.35. The number of hydrogen-bond donors (Lipinski definition) is 1. The van der Waals surface area contributed by atoms with Crippen LogP contribution in [0.1, 0.15) is 29.8 Å². The predicted octanol–water partition coefficient (Wildman–Crippen LogP) is 5.54. The van der Waals surface area contributed by atoms with Crippen molar-refractivity contribution in [1.82, 2.24) is 5.43 Å². The highest BCUT2D eigenvalue weighted by Crippen LogP contribution is 2.29. The Bertz CT molecular complexity index is 1230. The maximum Gasteiger partial charge on any atom is 0.343 e. The third-order valence-corrected chi connectivity index (χ3v) is 5.06. The van der Waals surface area contributed by atoms with Crippen molar-refractivity contribution >= 4 is 41.3 Å². The predicted molar refractivity (Wildman–Crippen MR) is 138 cm³/mol. The van der Waals surface area contributed by atoms with Crippen molar-refractivity contribution in [2.45, 2.75) is 13.8 Å². The molecule has 0 aliphatic heterocycles. The van der Waals surface area contributed by atoms with Crippen molar-refractivity contribution in [3.05, 3.63) is 81.8 Å². The SMILES string of the molecule is CCOc1ccc(C(=O)Oc2ccc(/C=N/NC(=O)COc3ccc(Cl)cc3Cl)cc2OCC)cc1. The molecule has 0 aliphatic carbocycles. The number of carbonyl (C=O) groups excluding carboxylic acids is 2. The summed E-state index contributed by atoms with van der Waals surface area (Å²) in [6.07, 6.45) is 1.42. The van der Waals surface area contributed by atoms with Crippen LogP contribution in [-0.2, 0) is 4.79 Å². The number of amides is 1. The lowest BCUT2D eigenvalue weighted by Gasteiger charge is -2.11. The van der Waals surface area contributed by atoms with Crippen molar-refractivity contribution in [2.75, 3.05) is 19.8 Å². The maximum atomic E-state index is 12.6. The van der Waals surface area contributed by atoms with Crippen LogP contribution in [0.3, 0.4) is 0 Å². The van der Waals surface area contributed by atoms with Crippen molar-refractivity contribution in [1.29, 1.82) is 0 Å². The topological polar surface area (TPSA) is 95.5 Å². The molecule has 8 nitrogen and oxygen atoms in total. The molecule has 0 saturated heterocycles. The Morgan fingerprint density at radius 1 is 0.861 bits per heavy atom. The number of esters is 1. The number of hydrogen-bond acceptors (Lipinski definition) is 7. The van der Waals surface area contributed by atoms with Crippen LogP contribution in [0.4, 0.5) is 0 Å². The molecular weight excluding hydrogens is 507 g/mol. The van der Waals surface area contributed by atoms with Crippen LogP contribution in [0.5, 0.6) is 23.0 Å². The fourth-order valence-electron chi connectivity index (χ4n) is 2.92. The molecule has 0 fully saturated rings. The number of rotatable bonds is 11. The minimum absolute atomic E-state index is 0.255. The molecule has 3 rings (SSSR count). The van der Waals surface area contributed by atoms with Gasteiger partial charge in [0.25, 0.3) is 5.91 Å². The van der Waals surface area contributed by atoms with Gasteiger partial charge in [0.15, 0.2) is 18.1 Å². The van der Waals surface area contributed by atoms with Crippen LogP contribution < -0.4 is 24.4 Å². The molecule has 0 aliphatic rings. The number of carbonyl (C=O) groups is 2. The molecule has 0 spiro atoms. The molecule has 10 heteroatoms. The van der Waals surface area contributed by atoms with E-state index in [1.165, 1.54) is 12.3 Å². The van der Waals surface area contributed by atoms with Gasteiger partial charge in [-0.3, -0.25) is 4.79 Å². The molecule has 0 aromatic heterocycles. The molecule has 3 aromatic rings. The molecule has 0 radical (unpaired) electrons. The summed E-state index contributed by atoms with van der Waals surface area (Å²) in [4.78, 5) is 24.6. The second-order valence-electron chi connectivity index (χ2n) is 7.14. The van der Waals surface area contributed by atoms with Crippen molar-refractivity contribution < 1.29 is 28.5 Å². The van der Waals surface area contributed by atoms with E-state index in [4.69, 9.17) is 42.1 Å². The van der Waals surface area contributed by atoms with E-state index in [9.17, 15) is 9.59 Å². The Labute approximate surface area is 218 Å². The van der Waals surface area contributed by atoms with Gasteiger partial charge in [-0.25, -0.2) is 10.2 Å². The highest BCUT2D eigenvalue weighted by molar-refractivity contribution is 6.35. The Kier molecular flexibility index (Phi) is 9.97. The van der Waals surface area contributed by atoms with E-state index in [0.29, 0.717) is 51.6 Å². The molecule has 0 saturated carbocycles. The van der Waals surface area contributed by atoms with E-state index in [1.54, 1.807) is 54.6 Å². The Morgan fingerprint density at radius 3 is 2.28 bits per heavy atom. The van der Waals surface area contributed by atoms with Gasteiger partial charge in [-0.2, -0.15) is 5.10 Å². The number of halogens is 2. The van der Waals surface area contributed by atoms with Gasteiger partial charge in [0.2, 0.25) is 0 Å². The average molecular weight is 531 g/mol. The molecule has 0 unspecified atom stereocenters. The fourth-order valence-corrected chi connectivity index (χ4v) is 3.38. The first-order chi connectivity index (χ1) is 17.4. The lowest BCUT2D eigenvalue weighted by Crippen LogP contribution is -2.24. The molecule has 3 aromatic carbocycles. The van der Waals surface area contributed by atoms with Gasteiger partial charge >= 0.3 is 5.97 Å². The first-order valence-corrected chi connectivity index (χ1v) is 11.8. The lowest BCUT2D eigenvalue weighted by molar-refractivity contribution is -0.123. The third kappa shape index (κ3) is 7.90. The van der Waals surface area contributed by atoms with Crippen molar-refractivity contribution in [3.63, 3.8) is 0 Å². The van der Waals surface area contributed by atoms with Gasteiger partial charge in [0.1, 0.15) is 11.5 Å². The number of hydrazone groups is 1. The Hall–Kier alpha value is -3.75. The second kappa shape index (κ2) is 13.4. The molecule has 1 N–H and O–H groups in total. The molecule has 0 heterocycles. The van der Waals surface area contributed by atoms with E-state index in [0.717, 1.165) is 0 Å². The molecule has 36 heavy (non-hydrogen) atoms. The van der Waals surface area contributed by atoms with Gasteiger partial charge in [0, 0.05) is 5.02 Å². The summed E-state index contributed by atoms with van der Waals surface area (Å²) < 4.78 is 21.9. The third-order valence-electron chi connectivity index (χ3n) is 4.53. The molecular formula is C26H24Cl2N2O6. The summed E-state index contributed by atoms with van der Waals surface area (Å²) in [6.45, 7) is 4.30. The summed E-state index contributed by atoms with van der Waals surface area (Å²) in [7, 11) is 0. The standard InChI is InChI=1S/C26H24Cl2N2O6/c1-3-33-20-9-6-18(7-10-20)26(32)36-23-11-5-17(13-24(23)34-4-2)15-29-30-25(31)16-35-22-12-8-19(27)14-21(22)28/h5-15H,3-4,16H2,1-2H3,(H,30,31)/b29-15+. The van der Waals surface area contributed by atoms with E-state index in [-0.39, 0.29) is 12.4 Å². The van der Waals surface area contributed by atoms with Gasteiger partial charge in [-0.05, 0) is 80.1 Å². The minimum atomic E-state index is -0.534. The van der Waals surface area contributed by atoms with Gasteiger partial charge < -0.3 is 18.9 Å². The van der Waals surface area contributed by atoms with Crippen molar-refractivity contribution in [2.24, 2.45) is 5.10 Å². The average Bonchev–Trinajstić information content (AvgIpc) is 2.86. The fraction of sp³-hybridized carbons (Fsp3) is 0.192. The number of nitrogens with zero attached hydrogens (tertiary/aromatic N) is 1. The zero-order valence-corrected chi connectivity index (χ0v) is 21.1. The van der Waals surface area contributed by atoms with Crippen molar-refractivity contribution in [3.8, 4) is 23.0 Å². The largest absolute Gasteiger partial charge is 0.494 e. The van der Waals surface area contributed by atoms with Gasteiger partial charge in [0.05, 0.1) is 30.0 Å². The monoisotopic (exact) mass is 530 g/mol. The van der Waals surface area contributed by atoms with E-state index < -0.39 is 11.9 Å². The summed E-state index contributed by atoms with van der Waals surface area (Å²) >= 11 is 11.9. The summed E-state index contributed by atoms with van der Waals surface area (Å²) in [5.74, 6) is 0.590. The maximum absolute atomic E-state index is 12.6. The van der Waals surface area contributed by atoms with E-state index in [1.807, 2.05) is 13.8 Å². The Balaban J connectivity index is 1.59. The van der Waals surface area contributed by atoms with E-state index >= 15 is 0 Å². The van der Waals surface area contributed by atoms with Crippen LogP contribution in [0.25, 0.3) is 0 Å². The van der Waals surface area contributed by atoms with Gasteiger partial charge in [-0.15, -0.1) is 0 Å². The highest BCUT2D eigenvalue weighted by atomic mass is 35.5. The van der Waals surface area contributed by atoms with E-state index in [2.05, 4.69) is 10.5 Å². The van der Waals surface area contributed by atoms with Crippen LogP contribution in [0, 0.1) is 0 Å². The smallest absolute Gasteiger partial charge is 0.343 e. The van der Waals surface area contributed by atoms with Crippen LogP contribution >= 0.6 is 23.2 Å². The molecule has 0 bridgehead atoms. The first kappa shape index (κ1) is 26.8. The van der Waals surface area contributed by atoms with Crippen LogP contribution in [0.15, 0.2) is 65.8 Å². The molecule has 1 amide bonds. The highest BCUT2D eigenvalue weighted by Gasteiger charge is 2.14. The zero-order valence-electron chi connectivity index (χ0n) is 19.6. The number of benzene rings is 3. The Morgan fingerprint density at radius 2 is 1.58 bits per heavy atom. The molecule has 188 valence electrons. The lowest BCUT2D eigenvalue weighted by atomic mass is 10.2. The summed E-state index contributed by atoms with van der Waals surface area (Å²) in [5, 5.41) is 4.68. The number of nitrogens with one attached hydrogen (secondary N) is 1. The first-order valence-electron chi connectivity index (χ1n) is 11.0. The van der Waals surface area contributed by atoms with Gasteiger partial charge in [-0.1, -0.05) is 23.2 Å². The normalized spacial score (nSPS) is 10.7. The second-order valence-corrected chi connectivity index (χ2v) is 7.99. The quantitative estimate of drug-likeness (QED) is 0.151. The number of ether oxygens (including phenoxy) is 4. The van der Waals surface area contributed by atoms with Crippen LogP contribution in [0.2, 0.25) is 10.0 Å². The summed E-state index contributed by atoms with van der Waals surface area (Å²) in [6, 6.07) is 16.3. The zero-order chi connectivity index (χ0) is 25.9. The minimum Gasteiger partial charge on any atom is -0.494 e. The van der Waals surface area contributed by atoms with Crippen LogP contribution in [-0.4, -0.2) is 37.9 Å². The molecule has 0 atom stereocenters.